The third-order valence-electron chi connectivity index (χ3n) is 9.49. The van der Waals surface area contributed by atoms with E-state index in [1.165, 1.54) is 5.56 Å². The number of phenols is 2. The van der Waals surface area contributed by atoms with Crippen LogP contribution in [0.15, 0.2) is 90.1 Å². The third kappa shape index (κ3) is 8.74. The van der Waals surface area contributed by atoms with Gasteiger partial charge in [-0.25, -0.2) is 0 Å². The number of aromatic hydroxyl groups is 2. The molecule has 4 aromatic carbocycles. The molecule has 5 rings (SSSR count). The van der Waals surface area contributed by atoms with Gasteiger partial charge in [0.1, 0.15) is 11.5 Å². The summed E-state index contributed by atoms with van der Waals surface area (Å²) in [7, 11) is 0. The third-order valence-corrected chi connectivity index (χ3v) is 9.49. The summed E-state index contributed by atoms with van der Waals surface area (Å²) < 4.78 is 1.88. The van der Waals surface area contributed by atoms with E-state index in [0.29, 0.717) is 11.6 Å². The van der Waals surface area contributed by atoms with Gasteiger partial charge in [-0.05, 0) is 61.6 Å². The quantitative estimate of drug-likeness (QED) is 0.160. The second kappa shape index (κ2) is 15.7. The fraction of sp³-hybridized carbons (Fsp3) is 0.340. The van der Waals surface area contributed by atoms with Crippen LogP contribution in [0.25, 0.3) is 22.3 Å². The molecule has 0 saturated heterocycles. The molecule has 0 aliphatic carbocycles. The zero-order chi connectivity index (χ0) is 36.3. The second-order valence-electron chi connectivity index (χ2n) is 17.5. The van der Waals surface area contributed by atoms with Gasteiger partial charge < -0.3 is 25.1 Å². The monoisotopic (exact) mass is 774 g/mol. The first-order valence-electron chi connectivity index (χ1n) is 17.3. The first-order valence-corrected chi connectivity index (χ1v) is 17.3. The molecule has 0 spiro atoms. The van der Waals surface area contributed by atoms with Gasteiger partial charge in [-0.15, -0.1) is 11.1 Å². The molecule has 0 amide bonds. The van der Waals surface area contributed by atoms with Crippen LogP contribution < -0.4 is 0 Å². The first-order chi connectivity index (χ1) is 22.6. The second-order valence-corrected chi connectivity index (χ2v) is 17.5. The van der Waals surface area contributed by atoms with Crippen LogP contribution in [0.5, 0.6) is 11.5 Å². The molecular formula is C47H60N2O2Zr. The van der Waals surface area contributed by atoms with Crippen molar-refractivity contribution in [2.45, 2.75) is 105 Å². The van der Waals surface area contributed by atoms with E-state index in [2.05, 4.69) is 132 Å². The van der Waals surface area contributed by atoms with Crippen LogP contribution in [-0.4, -0.2) is 27.3 Å². The van der Waals surface area contributed by atoms with Gasteiger partial charge >= 0.3 is 26.2 Å². The van der Waals surface area contributed by atoms with Gasteiger partial charge in [0, 0.05) is 23.4 Å². The number of hydrogen-bond acceptors (Lipinski definition) is 3. The van der Waals surface area contributed by atoms with Crippen molar-refractivity contribution in [1.82, 2.24) is 0 Å². The number of aliphatic imine (C=N–C) groups is 1. The molecule has 0 unspecified atom stereocenters. The normalized spacial score (nSPS) is 13.5. The summed E-state index contributed by atoms with van der Waals surface area (Å²) in [6.07, 6.45) is 3.79. The Balaban J connectivity index is 0.00000312. The van der Waals surface area contributed by atoms with Crippen LogP contribution in [0, 0.1) is 20.9 Å². The topological polar surface area (TPSA) is 55.8 Å². The smallest absolute Gasteiger partial charge is 0.508 e. The summed E-state index contributed by atoms with van der Waals surface area (Å²) >= 11 is 0. The Morgan fingerprint density at radius 3 is 1.40 bits per heavy atom. The Labute approximate surface area is 334 Å². The van der Waals surface area contributed by atoms with E-state index < -0.39 is 0 Å². The Hall–Kier alpha value is -3.69. The van der Waals surface area contributed by atoms with E-state index in [4.69, 9.17) is 4.99 Å². The maximum absolute atomic E-state index is 11.8. The molecule has 274 valence electrons. The molecule has 5 heteroatoms. The van der Waals surface area contributed by atoms with Crippen LogP contribution in [0.3, 0.4) is 0 Å². The van der Waals surface area contributed by atoms with Crippen LogP contribution in [0.2, 0.25) is 0 Å². The summed E-state index contributed by atoms with van der Waals surface area (Å²) in [4.78, 5) is 4.88. The standard InChI is InChI=1S/C45H54N2O2.2CH3.Zr/c1-42(2,3)28-24-34(39(48)36(26-28)44(7,8)9)30-18-14-16-20-32(30)38-22-23-46-41(47(38)13)33-21-17-15-19-31(33)35-25-29(43(4,5)6)27-37(40(35)49)45(10,11)12;;;/h14-27,48-49H,13H2,1-12H3;2*1H3;/q;2*-1;+2. The molecule has 1 aliphatic heterocycles. The maximum Gasteiger partial charge on any atom is 2.00 e. The molecule has 1 heterocycles. The van der Waals surface area contributed by atoms with Crippen molar-refractivity contribution in [1.29, 1.82) is 0 Å². The van der Waals surface area contributed by atoms with Gasteiger partial charge in [0.05, 0.1) is 12.2 Å². The van der Waals surface area contributed by atoms with Crippen LogP contribution in [-0.2, 0) is 47.9 Å². The molecule has 1 aliphatic rings. The largest absolute Gasteiger partial charge is 2.00 e. The molecule has 0 atom stereocenters. The van der Waals surface area contributed by atoms with Crippen molar-refractivity contribution in [3.05, 3.63) is 139 Å². The minimum atomic E-state index is -0.258. The molecule has 52 heavy (non-hydrogen) atoms. The Morgan fingerprint density at radius 1 is 0.558 bits per heavy atom. The maximum atomic E-state index is 11.8. The fourth-order valence-electron chi connectivity index (χ4n) is 6.45. The summed E-state index contributed by atoms with van der Waals surface area (Å²) in [5, 5.41) is 23.7. The van der Waals surface area contributed by atoms with E-state index in [0.717, 1.165) is 56.1 Å². The number of benzene rings is 4. The number of nitrogens with zero attached hydrogens (tertiary/aromatic N) is 2. The molecule has 0 radical (unpaired) electrons. The summed E-state index contributed by atoms with van der Waals surface area (Å²) in [6, 6.07) is 25.7. The van der Waals surface area contributed by atoms with E-state index in [1.807, 2.05) is 47.2 Å². The number of hydrogen-bond donors (Lipinski definition) is 2. The van der Waals surface area contributed by atoms with Crippen LogP contribution in [0.1, 0.15) is 116 Å². The minimum Gasteiger partial charge on any atom is -0.508 e. The molecule has 0 aromatic heterocycles. The van der Waals surface area contributed by atoms with Gasteiger partial charge in [-0.1, -0.05) is 155 Å². The van der Waals surface area contributed by atoms with Crippen molar-refractivity contribution in [3.8, 4) is 33.8 Å². The first kappa shape index (κ1) is 44.5. The van der Waals surface area contributed by atoms with Crippen molar-refractivity contribution < 1.29 is 41.0 Å². The molecule has 0 saturated carbocycles. The molecule has 4 aromatic rings. The molecule has 4 nitrogen and oxygen atoms in total. The molecule has 0 bridgehead atoms. The van der Waals surface area contributed by atoms with E-state index in [-0.39, 0.29) is 68.5 Å². The van der Waals surface area contributed by atoms with Crippen LogP contribution in [0.4, 0.5) is 0 Å². The van der Waals surface area contributed by atoms with Crippen molar-refractivity contribution in [3.63, 3.8) is 0 Å². The van der Waals surface area contributed by atoms with Crippen LogP contribution >= 0.6 is 0 Å². The SMILES string of the molecule is C=[N+]1C(c2ccccc2-c2cc(C(C)(C)C)cc(C(C)(C)C)c2O)=NC=C[C-]1c1ccccc1-c1cc(C(C)(C)C)cc(C(C)(C)C)c1O.[CH3-].[CH3-].[Zr+2]. The zero-order valence-corrected chi connectivity index (χ0v) is 36.5. The Morgan fingerprint density at radius 2 is 0.962 bits per heavy atom. The van der Waals surface area contributed by atoms with Gasteiger partial charge in [0.25, 0.3) is 5.84 Å². The zero-order valence-electron chi connectivity index (χ0n) is 34.1. The summed E-state index contributed by atoms with van der Waals surface area (Å²) in [6.45, 7) is 30.6. The van der Waals surface area contributed by atoms with Crippen molar-refractivity contribution in [2.75, 3.05) is 0 Å². The van der Waals surface area contributed by atoms with Crippen molar-refractivity contribution >= 4 is 12.6 Å². The average Bonchev–Trinajstić information content (AvgIpc) is 2.99. The fourth-order valence-corrected chi connectivity index (χ4v) is 6.45. The van der Waals surface area contributed by atoms with Gasteiger partial charge in [-0.3, -0.25) is 4.58 Å². The van der Waals surface area contributed by atoms with E-state index >= 15 is 0 Å². The van der Waals surface area contributed by atoms with Gasteiger partial charge in [-0.2, -0.15) is 0 Å². The minimum absolute atomic E-state index is 0. The summed E-state index contributed by atoms with van der Waals surface area (Å²) in [5.41, 5.74) is 8.60. The van der Waals surface area contributed by atoms with Crippen molar-refractivity contribution in [2.24, 2.45) is 4.99 Å². The Bertz CT molecular complexity index is 1990. The molecular weight excluding hydrogens is 716 g/mol. The summed E-state index contributed by atoms with van der Waals surface area (Å²) in [5.74, 6) is 1.25. The molecule has 2 N–H and O–H groups in total. The molecule has 0 fully saturated rings. The van der Waals surface area contributed by atoms with E-state index in [1.54, 1.807) is 0 Å². The average molecular weight is 776 g/mol. The Kier molecular flexibility index (Phi) is 13.5. The number of phenolic OH excluding ortho intramolecular Hbond substituents is 2. The predicted molar refractivity (Wildman–Crippen MR) is 220 cm³/mol. The predicted octanol–water partition coefficient (Wildman–Crippen LogP) is 12.1. The van der Waals surface area contributed by atoms with Gasteiger partial charge in [0.2, 0.25) is 0 Å². The van der Waals surface area contributed by atoms with E-state index in [9.17, 15) is 10.2 Å². The van der Waals surface area contributed by atoms with Gasteiger partial charge in [0.15, 0.2) is 0 Å². The number of amidine groups is 1. The number of rotatable bonds is 4.